The number of hydrogen-bond acceptors (Lipinski definition) is 4. The molecule has 0 aliphatic heterocycles. The van der Waals surface area contributed by atoms with Gasteiger partial charge in [0.05, 0.1) is 13.5 Å². The molecule has 10 heteroatoms. The summed E-state index contributed by atoms with van der Waals surface area (Å²) in [7, 11) is -3.18. The van der Waals surface area contributed by atoms with Crippen LogP contribution in [0.5, 0.6) is 0 Å². The SMILES string of the molecule is COC(=O)Cc1c(I)c(I)c(I)c(I)c1S(=O)(=O)O. The summed E-state index contributed by atoms with van der Waals surface area (Å²) in [5, 5.41) is 0. The van der Waals surface area contributed by atoms with Crippen molar-refractivity contribution in [2.75, 3.05) is 7.11 Å². The molecule has 106 valence electrons. The quantitative estimate of drug-likeness (QED) is 0.170. The van der Waals surface area contributed by atoms with Crippen molar-refractivity contribution in [2.45, 2.75) is 11.3 Å². The molecular formula is C9H6I4O5S. The molecule has 0 aromatic heterocycles. The lowest BCUT2D eigenvalue weighted by molar-refractivity contribution is -0.139. The second-order valence-corrected chi connectivity index (χ2v) is 8.96. The molecular weight excluding hydrogens is 728 g/mol. The number of esters is 1. The van der Waals surface area contributed by atoms with E-state index >= 15 is 0 Å². The molecule has 0 bridgehead atoms. The standard InChI is InChI=1S/C9H6I4O5S/c1-18-4(14)2-3-5(10)6(11)7(12)8(13)9(3)19(15,16)17/h2H2,1H3,(H,15,16,17). The van der Waals surface area contributed by atoms with Crippen molar-refractivity contribution >= 4 is 106 Å². The summed E-state index contributed by atoms with van der Waals surface area (Å²) in [5.41, 5.74) is 0.268. The largest absolute Gasteiger partial charge is 0.469 e. The average molecular weight is 734 g/mol. The molecule has 0 aliphatic rings. The molecule has 0 unspecified atom stereocenters. The number of carbonyl (C=O) groups is 1. The summed E-state index contributed by atoms with van der Waals surface area (Å²) in [5.74, 6) is -0.560. The Kier molecular flexibility index (Phi) is 7.02. The van der Waals surface area contributed by atoms with Crippen LogP contribution in [0.25, 0.3) is 0 Å². The van der Waals surface area contributed by atoms with Crippen molar-refractivity contribution in [3.63, 3.8) is 0 Å². The van der Waals surface area contributed by atoms with Crippen molar-refractivity contribution in [3.05, 3.63) is 19.8 Å². The molecule has 0 aliphatic carbocycles. The highest BCUT2D eigenvalue weighted by Crippen LogP contribution is 2.35. The van der Waals surface area contributed by atoms with Gasteiger partial charge in [-0.05, 0) is 95.9 Å². The van der Waals surface area contributed by atoms with Gasteiger partial charge in [-0.3, -0.25) is 9.35 Å². The number of ether oxygens (including phenoxy) is 1. The first-order valence-electron chi connectivity index (χ1n) is 4.50. The Morgan fingerprint density at radius 3 is 2.00 bits per heavy atom. The molecule has 1 rings (SSSR count). The minimum absolute atomic E-state index is 0.202. The average Bonchev–Trinajstić information content (AvgIpc) is 2.31. The Bertz CT molecular complexity index is 641. The Morgan fingerprint density at radius 1 is 1.11 bits per heavy atom. The van der Waals surface area contributed by atoms with Crippen LogP contribution in [0.3, 0.4) is 0 Å². The zero-order valence-electron chi connectivity index (χ0n) is 9.21. The molecule has 0 saturated carbocycles. The van der Waals surface area contributed by atoms with Gasteiger partial charge in [-0.2, -0.15) is 8.42 Å². The van der Waals surface area contributed by atoms with Gasteiger partial charge in [0.1, 0.15) is 4.90 Å². The van der Waals surface area contributed by atoms with Gasteiger partial charge in [-0.25, -0.2) is 0 Å². The summed E-state index contributed by atoms with van der Waals surface area (Å²) in [6.45, 7) is 0. The molecule has 0 fully saturated rings. The van der Waals surface area contributed by atoms with Crippen LogP contribution in [0.15, 0.2) is 4.90 Å². The Balaban J connectivity index is 3.73. The molecule has 1 N–H and O–H groups in total. The first-order valence-corrected chi connectivity index (χ1v) is 10.3. The first kappa shape index (κ1) is 18.6. The highest BCUT2D eigenvalue weighted by atomic mass is 127. The van der Waals surface area contributed by atoms with Crippen molar-refractivity contribution in [1.29, 1.82) is 0 Å². The molecule has 19 heavy (non-hydrogen) atoms. The van der Waals surface area contributed by atoms with E-state index in [1.165, 1.54) is 7.11 Å². The van der Waals surface area contributed by atoms with Crippen molar-refractivity contribution < 1.29 is 22.5 Å². The fourth-order valence-corrected chi connectivity index (χ4v) is 6.81. The Hall–Kier alpha value is 1.52. The smallest absolute Gasteiger partial charge is 0.310 e. The summed E-state index contributed by atoms with van der Waals surface area (Å²) in [6.07, 6.45) is -0.202. The van der Waals surface area contributed by atoms with Crippen molar-refractivity contribution in [1.82, 2.24) is 0 Å². The molecule has 0 amide bonds. The van der Waals surface area contributed by atoms with Gasteiger partial charge in [0.25, 0.3) is 10.1 Å². The van der Waals surface area contributed by atoms with E-state index in [9.17, 15) is 17.8 Å². The van der Waals surface area contributed by atoms with Gasteiger partial charge < -0.3 is 4.74 Å². The van der Waals surface area contributed by atoms with Gasteiger partial charge >= 0.3 is 5.97 Å². The Morgan fingerprint density at radius 2 is 1.58 bits per heavy atom. The number of benzene rings is 1. The van der Waals surface area contributed by atoms with Crippen LogP contribution in [0.4, 0.5) is 0 Å². The third kappa shape index (κ3) is 4.26. The van der Waals surface area contributed by atoms with E-state index in [0.717, 1.165) is 7.14 Å². The number of rotatable bonds is 3. The number of carbonyl (C=O) groups excluding carboxylic acids is 1. The Labute approximate surface area is 164 Å². The minimum atomic E-state index is -4.41. The van der Waals surface area contributed by atoms with E-state index in [4.69, 9.17) is 0 Å². The molecule has 5 nitrogen and oxygen atoms in total. The third-order valence-electron chi connectivity index (χ3n) is 2.12. The number of methoxy groups -OCH3 is 1. The molecule has 1 aromatic rings. The molecule has 1 aromatic carbocycles. The predicted molar refractivity (Wildman–Crippen MR) is 103 cm³/mol. The van der Waals surface area contributed by atoms with Crippen LogP contribution >= 0.6 is 90.4 Å². The van der Waals surface area contributed by atoms with Gasteiger partial charge in [0, 0.05) is 14.3 Å². The maximum atomic E-state index is 11.5. The van der Waals surface area contributed by atoms with Crippen LogP contribution in [-0.4, -0.2) is 26.0 Å². The van der Waals surface area contributed by atoms with E-state index in [-0.39, 0.29) is 16.9 Å². The van der Waals surface area contributed by atoms with E-state index in [0.29, 0.717) is 7.14 Å². The lowest BCUT2D eigenvalue weighted by Gasteiger charge is -2.14. The normalized spacial score (nSPS) is 11.5. The van der Waals surface area contributed by atoms with Crippen molar-refractivity contribution in [2.24, 2.45) is 0 Å². The lowest BCUT2D eigenvalue weighted by atomic mass is 10.1. The van der Waals surface area contributed by atoms with Crippen LogP contribution < -0.4 is 0 Å². The lowest BCUT2D eigenvalue weighted by Crippen LogP contribution is -2.15. The first-order chi connectivity index (χ1) is 8.61. The fourth-order valence-electron chi connectivity index (χ4n) is 1.30. The van der Waals surface area contributed by atoms with E-state index in [1.54, 1.807) is 0 Å². The van der Waals surface area contributed by atoms with Gasteiger partial charge in [-0.1, -0.05) is 0 Å². The maximum Gasteiger partial charge on any atom is 0.310 e. The summed E-state index contributed by atoms with van der Waals surface area (Å²) < 4.78 is 39.6. The van der Waals surface area contributed by atoms with Crippen LogP contribution in [0.1, 0.15) is 5.56 Å². The topological polar surface area (TPSA) is 80.7 Å². The van der Waals surface area contributed by atoms with Crippen LogP contribution in [-0.2, 0) is 26.1 Å². The van der Waals surface area contributed by atoms with Crippen LogP contribution in [0.2, 0.25) is 0 Å². The molecule has 0 radical (unpaired) electrons. The zero-order valence-corrected chi connectivity index (χ0v) is 18.7. The van der Waals surface area contributed by atoms with E-state index in [2.05, 4.69) is 27.3 Å². The molecule has 0 saturated heterocycles. The predicted octanol–water partition coefficient (Wildman–Crippen LogP) is 3.07. The second-order valence-electron chi connectivity index (χ2n) is 3.29. The molecule has 0 heterocycles. The zero-order chi connectivity index (χ0) is 15.0. The second kappa shape index (κ2) is 7.19. The monoisotopic (exact) mass is 734 g/mol. The summed E-state index contributed by atoms with van der Waals surface area (Å²) >= 11 is 7.90. The fraction of sp³-hybridized carbons (Fsp3) is 0.222. The highest BCUT2D eigenvalue weighted by Gasteiger charge is 2.28. The van der Waals surface area contributed by atoms with Crippen LogP contribution in [0, 0.1) is 14.3 Å². The molecule has 0 atom stereocenters. The van der Waals surface area contributed by atoms with E-state index < -0.39 is 16.1 Å². The van der Waals surface area contributed by atoms with Gasteiger partial charge in [-0.15, -0.1) is 0 Å². The van der Waals surface area contributed by atoms with E-state index in [1.807, 2.05) is 67.8 Å². The third-order valence-corrected chi connectivity index (χ3v) is 11.0. The minimum Gasteiger partial charge on any atom is -0.469 e. The number of hydrogen-bond donors (Lipinski definition) is 1. The summed E-state index contributed by atoms with van der Waals surface area (Å²) in [4.78, 5) is 11.2. The number of halogens is 4. The van der Waals surface area contributed by atoms with Gasteiger partial charge in [0.2, 0.25) is 0 Å². The van der Waals surface area contributed by atoms with Crippen molar-refractivity contribution in [3.8, 4) is 0 Å². The van der Waals surface area contributed by atoms with Gasteiger partial charge in [0.15, 0.2) is 0 Å². The summed E-state index contributed by atoms with van der Waals surface area (Å²) in [6, 6.07) is 0. The molecule has 0 spiro atoms. The highest BCUT2D eigenvalue weighted by molar-refractivity contribution is 14.1. The maximum absolute atomic E-state index is 11.5.